The van der Waals surface area contributed by atoms with E-state index in [-0.39, 0.29) is 0 Å². The van der Waals surface area contributed by atoms with Gasteiger partial charge in [0.25, 0.3) is 0 Å². The lowest BCUT2D eigenvalue weighted by Crippen LogP contribution is -2.10. The molecule has 1 saturated carbocycles. The van der Waals surface area contributed by atoms with Crippen molar-refractivity contribution in [1.82, 2.24) is 4.98 Å². The molecule has 0 aromatic carbocycles. The molecule has 1 aliphatic carbocycles. The first kappa shape index (κ1) is 9.00. The van der Waals surface area contributed by atoms with Crippen LogP contribution in [0.3, 0.4) is 0 Å². The molecule has 1 aromatic heterocycles. The number of nitrogens with zero attached hydrogens (tertiary/aromatic N) is 1. The number of anilines is 1. The minimum Gasteiger partial charge on any atom is -0.389 e. The molecule has 0 saturated heterocycles. The van der Waals surface area contributed by atoms with E-state index in [1.165, 1.54) is 32.1 Å². The zero-order valence-electron chi connectivity index (χ0n) is 7.83. The summed E-state index contributed by atoms with van der Waals surface area (Å²) in [6.07, 6.45) is 8.07. The van der Waals surface area contributed by atoms with Crippen LogP contribution in [0.15, 0.2) is 5.51 Å². The molecule has 2 rings (SSSR count). The molecule has 1 heterocycles. The van der Waals surface area contributed by atoms with E-state index < -0.39 is 0 Å². The van der Waals surface area contributed by atoms with Crippen molar-refractivity contribution in [3.05, 3.63) is 11.2 Å². The number of aromatic nitrogens is 1. The molecule has 72 valence electrons. The number of nitrogens with two attached hydrogens (primary N) is 1. The summed E-state index contributed by atoms with van der Waals surface area (Å²) in [5, 5.41) is 0.922. The fourth-order valence-electron chi connectivity index (χ4n) is 2.10. The normalized spacial score (nSPS) is 19.1. The van der Waals surface area contributed by atoms with Gasteiger partial charge in [0.15, 0.2) is 0 Å². The zero-order chi connectivity index (χ0) is 9.10. The molecule has 0 unspecified atom stereocenters. The average molecular weight is 196 g/mol. The first-order valence-electron chi connectivity index (χ1n) is 5.04. The molecular weight excluding hydrogens is 180 g/mol. The molecule has 0 bridgehead atoms. The van der Waals surface area contributed by atoms with Crippen LogP contribution < -0.4 is 5.73 Å². The molecule has 0 atom stereocenters. The van der Waals surface area contributed by atoms with Gasteiger partial charge in [0.05, 0.1) is 11.2 Å². The summed E-state index contributed by atoms with van der Waals surface area (Å²) in [5.74, 6) is 0.846. The third-order valence-electron chi connectivity index (χ3n) is 2.88. The summed E-state index contributed by atoms with van der Waals surface area (Å²) in [6.45, 7) is 0. The predicted molar refractivity (Wildman–Crippen MR) is 56.8 cm³/mol. The number of rotatable bonds is 2. The van der Waals surface area contributed by atoms with Gasteiger partial charge in [-0.2, -0.15) is 0 Å². The first-order valence-corrected chi connectivity index (χ1v) is 5.92. The van der Waals surface area contributed by atoms with Gasteiger partial charge < -0.3 is 5.73 Å². The molecule has 2 nitrogen and oxygen atoms in total. The van der Waals surface area contributed by atoms with E-state index in [1.54, 1.807) is 11.3 Å². The van der Waals surface area contributed by atoms with Gasteiger partial charge in [-0.25, -0.2) is 4.98 Å². The molecule has 1 aromatic rings. The second-order valence-electron chi connectivity index (χ2n) is 3.87. The molecule has 0 spiro atoms. The van der Waals surface area contributed by atoms with E-state index in [0.29, 0.717) is 0 Å². The molecule has 2 N–H and O–H groups in total. The second kappa shape index (κ2) is 4.09. The van der Waals surface area contributed by atoms with Gasteiger partial charge in [0.2, 0.25) is 0 Å². The Balaban J connectivity index is 1.93. The molecule has 1 aliphatic rings. The molecule has 0 amide bonds. The molecule has 1 fully saturated rings. The maximum Gasteiger partial charge on any atom is 0.109 e. The van der Waals surface area contributed by atoms with E-state index in [0.717, 1.165) is 23.0 Å². The van der Waals surface area contributed by atoms with E-state index >= 15 is 0 Å². The minimum absolute atomic E-state index is 0.846. The van der Waals surface area contributed by atoms with Gasteiger partial charge in [-0.1, -0.05) is 32.1 Å². The maximum atomic E-state index is 5.81. The van der Waals surface area contributed by atoms with Crippen molar-refractivity contribution in [3.63, 3.8) is 0 Å². The highest BCUT2D eigenvalue weighted by atomic mass is 32.1. The fourth-order valence-corrected chi connectivity index (χ4v) is 2.66. The SMILES string of the molecule is Nc1scnc1CC1CCCCC1. The molecular formula is C10H16N2S. The maximum absolute atomic E-state index is 5.81. The van der Waals surface area contributed by atoms with Crippen molar-refractivity contribution in [3.8, 4) is 0 Å². The Morgan fingerprint density at radius 3 is 2.77 bits per heavy atom. The number of nitrogen functional groups attached to an aromatic ring is 1. The van der Waals surface area contributed by atoms with E-state index in [9.17, 15) is 0 Å². The van der Waals surface area contributed by atoms with Crippen LogP contribution >= 0.6 is 11.3 Å². The van der Waals surface area contributed by atoms with Crippen LogP contribution in [0.5, 0.6) is 0 Å². The smallest absolute Gasteiger partial charge is 0.109 e. The summed E-state index contributed by atoms with van der Waals surface area (Å²) in [5.41, 5.74) is 8.80. The third kappa shape index (κ3) is 2.21. The van der Waals surface area contributed by atoms with Crippen molar-refractivity contribution in [2.24, 2.45) is 5.92 Å². The van der Waals surface area contributed by atoms with Crippen LogP contribution in [0.2, 0.25) is 0 Å². The van der Waals surface area contributed by atoms with Gasteiger partial charge in [-0.05, 0) is 12.3 Å². The van der Waals surface area contributed by atoms with Crippen LogP contribution in [0, 0.1) is 5.92 Å². The van der Waals surface area contributed by atoms with Gasteiger partial charge in [-0.3, -0.25) is 0 Å². The van der Waals surface area contributed by atoms with Crippen LogP contribution in [-0.2, 0) is 6.42 Å². The lowest BCUT2D eigenvalue weighted by atomic mass is 9.86. The standard InChI is InChI=1S/C10H16N2S/c11-10-9(12-7-13-10)6-8-4-2-1-3-5-8/h7-8H,1-6,11H2. The molecule has 0 aliphatic heterocycles. The quantitative estimate of drug-likeness (QED) is 0.790. The first-order chi connectivity index (χ1) is 6.36. The van der Waals surface area contributed by atoms with Crippen LogP contribution in [0.1, 0.15) is 37.8 Å². The Kier molecular flexibility index (Phi) is 2.83. The Bertz CT molecular complexity index is 264. The minimum atomic E-state index is 0.846. The molecule has 13 heavy (non-hydrogen) atoms. The van der Waals surface area contributed by atoms with Crippen molar-refractivity contribution in [1.29, 1.82) is 0 Å². The van der Waals surface area contributed by atoms with Gasteiger partial charge >= 0.3 is 0 Å². The third-order valence-corrected chi connectivity index (χ3v) is 3.58. The highest BCUT2D eigenvalue weighted by Crippen LogP contribution is 2.28. The highest BCUT2D eigenvalue weighted by molar-refractivity contribution is 7.13. The van der Waals surface area contributed by atoms with E-state index in [4.69, 9.17) is 5.73 Å². The van der Waals surface area contributed by atoms with Crippen LogP contribution in [0.4, 0.5) is 5.00 Å². The Labute approximate surface area is 83.2 Å². The number of thiazole rings is 1. The van der Waals surface area contributed by atoms with E-state index in [2.05, 4.69) is 4.98 Å². The lowest BCUT2D eigenvalue weighted by Gasteiger charge is -2.20. The van der Waals surface area contributed by atoms with Crippen LogP contribution in [0.25, 0.3) is 0 Å². The Morgan fingerprint density at radius 2 is 2.15 bits per heavy atom. The van der Waals surface area contributed by atoms with Crippen molar-refractivity contribution in [2.45, 2.75) is 38.5 Å². The summed E-state index contributed by atoms with van der Waals surface area (Å²) >= 11 is 1.56. The van der Waals surface area contributed by atoms with Gasteiger partial charge in [0, 0.05) is 0 Å². The highest BCUT2D eigenvalue weighted by Gasteiger charge is 2.16. The average Bonchev–Trinajstić information content (AvgIpc) is 2.54. The predicted octanol–water partition coefficient (Wildman–Crippen LogP) is 2.85. The lowest BCUT2D eigenvalue weighted by molar-refractivity contribution is 0.355. The number of hydrogen-bond acceptors (Lipinski definition) is 3. The summed E-state index contributed by atoms with van der Waals surface area (Å²) in [7, 11) is 0. The van der Waals surface area contributed by atoms with E-state index in [1.807, 2.05) is 5.51 Å². The fraction of sp³-hybridized carbons (Fsp3) is 0.700. The van der Waals surface area contributed by atoms with Crippen molar-refractivity contribution < 1.29 is 0 Å². The van der Waals surface area contributed by atoms with Crippen molar-refractivity contribution in [2.75, 3.05) is 5.73 Å². The number of hydrogen-bond donors (Lipinski definition) is 1. The molecule has 3 heteroatoms. The van der Waals surface area contributed by atoms with Gasteiger partial charge in [-0.15, -0.1) is 11.3 Å². The monoisotopic (exact) mass is 196 g/mol. The van der Waals surface area contributed by atoms with Crippen molar-refractivity contribution >= 4 is 16.3 Å². The Morgan fingerprint density at radius 1 is 1.38 bits per heavy atom. The van der Waals surface area contributed by atoms with Gasteiger partial charge in [0.1, 0.15) is 5.00 Å². The largest absolute Gasteiger partial charge is 0.389 e. The van der Waals surface area contributed by atoms with Crippen LogP contribution in [-0.4, -0.2) is 4.98 Å². The Hall–Kier alpha value is -0.570. The summed E-state index contributed by atoms with van der Waals surface area (Å²) in [4.78, 5) is 4.30. The topological polar surface area (TPSA) is 38.9 Å². The zero-order valence-corrected chi connectivity index (χ0v) is 8.65. The summed E-state index contributed by atoms with van der Waals surface area (Å²) in [6, 6.07) is 0. The molecule has 0 radical (unpaired) electrons. The summed E-state index contributed by atoms with van der Waals surface area (Å²) < 4.78 is 0. The second-order valence-corrected chi connectivity index (χ2v) is 4.76.